The molecule has 1 heterocycles. The zero-order valence-electron chi connectivity index (χ0n) is 17.2. The van der Waals surface area contributed by atoms with E-state index in [9.17, 15) is 14.3 Å². The van der Waals surface area contributed by atoms with Crippen molar-refractivity contribution in [2.24, 2.45) is 0 Å². The smallest absolute Gasteiger partial charge is 0.240 e. The number of aliphatic hydroxyl groups is 1. The van der Waals surface area contributed by atoms with Crippen LogP contribution in [0, 0.1) is 5.82 Å². The molecule has 1 aliphatic heterocycles. The second kappa shape index (κ2) is 9.86. The van der Waals surface area contributed by atoms with Gasteiger partial charge in [0.05, 0.1) is 6.10 Å². The van der Waals surface area contributed by atoms with E-state index < -0.39 is 12.1 Å². The maximum Gasteiger partial charge on any atom is 0.240 e. The molecule has 5 heteroatoms. The molecule has 0 radical (unpaired) electrons. The molecule has 4 nitrogen and oxygen atoms in total. The molecule has 0 aromatic heterocycles. The Balaban J connectivity index is 1.46. The Morgan fingerprint density at radius 1 is 0.968 bits per heavy atom. The van der Waals surface area contributed by atoms with E-state index in [1.54, 1.807) is 12.1 Å². The van der Waals surface area contributed by atoms with Gasteiger partial charge >= 0.3 is 0 Å². The molecular formula is C26H27FN2O2. The summed E-state index contributed by atoms with van der Waals surface area (Å²) in [5, 5.41) is 17.1. The van der Waals surface area contributed by atoms with Crippen LogP contribution in [0.5, 0.6) is 0 Å². The molecule has 1 fully saturated rings. The number of carbonyl (C=O) groups excluding carboxylic acids is 1. The maximum atomic E-state index is 13.6. The Hall–Kier alpha value is -3.02. The lowest BCUT2D eigenvalue weighted by Gasteiger charge is -2.24. The Morgan fingerprint density at radius 3 is 2.16 bits per heavy atom. The van der Waals surface area contributed by atoms with E-state index >= 15 is 0 Å². The minimum atomic E-state index is -0.920. The number of hydrogen-bond donors (Lipinski definition) is 3. The summed E-state index contributed by atoms with van der Waals surface area (Å²) in [4.78, 5) is 13.1. The van der Waals surface area contributed by atoms with Gasteiger partial charge in [-0.3, -0.25) is 4.79 Å². The van der Waals surface area contributed by atoms with Crippen molar-refractivity contribution in [2.75, 3.05) is 6.54 Å². The first-order chi connectivity index (χ1) is 15.1. The minimum Gasteiger partial charge on any atom is -0.390 e. The molecular weight excluding hydrogens is 391 g/mol. The van der Waals surface area contributed by atoms with E-state index in [1.807, 2.05) is 60.7 Å². The molecule has 31 heavy (non-hydrogen) atoms. The third-order valence-corrected chi connectivity index (χ3v) is 5.87. The predicted octanol–water partition coefficient (Wildman–Crippen LogP) is 3.21. The van der Waals surface area contributed by atoms with Crippen molar-refractivity contribution in [1.29, 1.82) is 0 Å². The molecule has 0 bridgehead atoms. The molecule has 4 rings (SSSR count). The van der Waals surface area contributed by atoms with Crippen LogP contribution in [0.25, 0.3) is 0 Å². The van der Waals surface area contributed by atoms with E-state index in [0.717, 1.165) is 11.1 Å². The monoisotopic (exact) mass is 418 g/mol. The largest absolute Gasteiger partial charge is 0.390 e. The van der Waals surface area contributed by atoms with Crippen LogP contribution in [0.3, 0.4) is 0 Å². The fraction of sp³-hybridized carbons (Fsp3) is 0.269. The zero-order chi connectivity index (χ0) is 21.6. The fourth-order valence-corrected chi connectivity index (χ4v) is 4.29. The first-order valence-corrected chi connectivity index (χ1v) is 10.7. The first kappa shape index (κ1) is 21.2. The summed E-state index contributed by atoms with van der Waals surface area (Å²) in [6.07, 6.45) is 0.464. The van der Waals surface area contributed by atoms with Crippen molar-refractivity contribution in [1.82, 2.24) is 10.6 Å². The topological polar surface area (TPSA) is 61.4 Å². The fourth-order valence-electron chi connectivity index (χ4n) is 4.29. The zero-order valence-corrected chi connectivity index (χ0v) is 17.2. The number of halogens is 1. The van der Waals surface area contributed by atoms with E-state index in [-0.39, 0.29) is 23.7 Å². The summed E-state index contributed by atoms with van der Waals surface area (Å²) in [7, 11) is 0. The SMILES string of the molecule is O=C(NC(Cc1ccccc1)Cc1ccccc1)[C@H]1NC[C@H](c2cccc(F)c2)[C@H]1O. The van der Waals surface area contributed by atoms with Crippen molar-refractivity contribution < 1.29 is 14.3 Å². The summed E-state index contributed by atoms with van der Waals surface area (Å²) in [6, 6.07) is 25.5. The second-order valence-electron chi connectivity index (χ2n) is 8.12. The highest BCUT2D eigenvalue weighted by atomic mass is 19.1. The van der Waals surface area contributed by atoms with Crippen LogP contribution in [0.1, 0.15) is 22.6 Å². The van der Waals surface area contributed by atoms with Crippen molar-refractivity contribution >= 4 is 5.91 Å². The van der Waals surface area contributed by atoms with Gasteiger partial charge in [0.25, 0.3) is 0 Å². The second-order valence-corrected chi connectivity index (χ2v) is 8.12. The molecule has 0 unspecified atom stereocenters. The van der Waals surface area contributed by atoms with Gasteiger partial charge in [-0.25, -0.2) is 4.39 Å². The lowest BCUT2D eigenvalue weighted by Crippen LogP contribution is -2.50. The molecule has 3 aromatic rings. The van der Waals surface area contributed by atoms with Crippen LogP contribution in [0.2, 0.25) is 0 Å². The van der Waals surface area contributed by atoms with Gasteiger partial charge in [-0.15, -0.1) is 0 Å². The van der Waals surface area contributed by atoms with Crippen molar-refractivity contribution in [3.8, 4) is 0 Å². The van der Waals surface area contributed by atoms with Crippen molar-refractivity contribution in [3.05, 3.63) is 107 Å². The van der Waals surface area contributed by atoms with Crippen LogP contribution in [0.4, 0.5) is 4.39 Å². The lowest BCUT2D eigenvalue weighted by atomic mass is 9.92. The summed E-state index contributed by atoms with van der Waals surface area (Å²) < 4.78 is 13.6. The Morgan fingerprint density at radius 2 is 1.58 bits per heavy atom. The van der Waals surface area contributed by atoms with Gasteiger partial charge in [0, 0.05) is 18.5 Å². The summed E-state index contributed by atoms with van der Waals surface area (Å²) in [6.45, 7) is 0.421. The summed E-state index contributed by atoms with van der Waals surface area (Å²) >= 11 is 0. The predicted molar refractivity (Wildman–Crippen MR) is 119 cm³/mol. The molecule has 3 atom stereocenters. The number of nitrogens with one attached hydrogen (secondary N) is 2. The Bertz CT molecular complexity index is 955. The Labute approximate surface area is 182 Å². The van der Waals surface area contributed by atoms with Crippen molar-refractivity contribution in [3.63, 3.8) is 0 Å². The standard InChI is InChI=1S/C26H27FN2O2/c27-21-13-7-12-20(16-21)23-17-28-24(25(23)30)26(31)29-22(14-18-8-3-1-4-9-18)15-19-10-5-2-6-11-19/h1-13,16,22-25,28,30H,14-15,17H2,(H,29,31)/t23-,24+,25-/m1/s1. The number of carbonyl (C=O) groups is 1. The normalized spacial score (nSPS) is 20.7. The molecule has 3 N–H and O–H groups in total. The van der Waals surface area contributed by atoms with E-state index in [2.05, 4.69) is 10.6 Å². The Kier molecular flexibility index (Phi) is 6.75. The van der Waals surface area contributed by atoms with Gasteiger partial charge in [-0.2, -0.15) is 0 Å². The van der Waals surface area contributed by atoms with Crippen molar-refractivity contribution in [2.45, 2.75) is 36.9 Å². The van der Waals surface area contributed by atoms with Crippen LogP contribution in [0.15, 0.2) is 84.9 Å². The highest BCUT2D eigenvalue weighted by molar-refractivity contribution is 5.83. The molecule has 0 saturated carbocycles. The van der Waals surface area contributed by atoms with Gasteiger partial charge in [0.15, 0.2) is 0 Å². The average Bonchev–Trinajstić information content (AvgIpc) is 3.16. The third-order valence-electron chi connectivity index (χ3n) is 5.87. The molecule has 0 aliphatic carbocycles. The number of aliphatic hydroxyl groups excluding tert-OH is 1. The lowest BCUT2D eigenvalue weighted by molar-refractivity contribution is -0.125. The van der Waals surface area contributed by atoms with E-state index in [4.69, 9.17) is 0 Å². The molecule has 1 saturated heterocycles. The molecule has 3 aromatic carbocycles. The highest BCUT2D eigenvalue weighted by Crippen LogP contribution is 2.27. The quantitative estimate of drug-likeness (QED) is 0.552. The van der Waals surface area contributed by atoms with Crippen LogP contribution in [-0.4, -0.2) is 35.7 Å². The third kappa shape index (κ3) is 5.37. The van der Waals surface area contributed by atoms with Gasteiger partial charge in [-0.1, -0.05) is 72.8 Å². The van der Waals surface area contributed by atoms with E-state index in [1.165, 1.54) is 12.1 Å². The maximum absolute atomic E-state index is 13.6. The highest BCUT2D eigenvalue weighted by Gasteiger charge is 2.40. The van der Waals surface area contributed by atoms with Crippen LogP contribution < -0.4 is 10.6 Å². The van der Waals surface area contributed by atoms with Gasteiger partial charge in [0.1, 0.15) is 11.9 Å². The molecule has 1 amide bonds. The summed E-state index contributed by atoms with van der Waals surface area (Å²) in [5.41, 5.74) is 2.98. The number of amides is 1. The van der Waals surface area contributed by atoms with Crippen LogP contribution >= 0.6 is 0 Å². The molecule has 1 aliphatic rings. The van der Waals surface area contributed by atoms with E-state index in [0.29, 0.717) is 24.9 Å². The summed E-state index contributed by atoms with van der Waals surface area (Å²) in [5.74, 6) is -0.903. The van der Waals surface area contributed by atoms with Gasteiger partial charge in [0.2, 0.25) is 5.91 Å². The minimum absolute atomic E-state index is 0.112. The number of rotatable bonds is 7. The number of hydrogen-bond acceptors (Lipinski definition) is 3. The van der Waals surface area contributed by atoms with Gasteiger partial charge in [-0.05, 0) is 41.7 Å². The van der Waals surface area contributed by atoms with Gasteiger partial charge < -0.3 is 15.7 Å². The first-order valence-electron chi connectivity index (χ1n) is 10.7. The van der Waals surface area contributed by atoms with Crippen LogP contribution in [-0.2, 0) is 17.6 Å². The number of benzene rings is 3. The molecule has 160 valence electrons. The molecule has 0 spiro atoms. The average molecular weight is 419 g/mol.